The van der Waals surface area contributed by atoms with Crippen LogP contribution in [0.2, 0.25) is 0 Å². The summed E-state index contributed by atoms with van der Waals surface area (Å²) in [4.78, 5) is 11.5. The van der Waals surface area contributed by atoms with Gasteiger partial charge in [0.1, 0.15) is 0 Å². The summed E-state index contributed by atoms with van der Waals surface area (Å²) in [5.74, 6) is -0.987. The summed E-state index contributed by atoms with van der Waals surface area (Å²) in [6, 6.07) is 3.25. The molecule has 0 heterocycles. The van der Waals surface area contributed by atoms with Crippen molar-refractivity contribution < 1.29 is 9.90 Å². The first-order valence-electron chi connectivity index (χ1n) is 3.95. The van der Waals surface area contributed by atoms with Gasteiger partial charge in [0.05, 0.1) is 5.56 Å². The van der Waals surface area contributed by atoms with Gasteiger partial charge in [-0.2, -0.15) is 0 Å². The molecule has 0 bridgehead atoms. The van der Waals surface area contributed by atoms with Crippen molar-refractivity contribution in [3.63, 3.8) is 0 Å². The third kappa shape index (κ3) is 1.88. The van der Waals surface area contributed by atoms with Gasteiger partial charge in [-0.05, 0) is 23.3 Å². The fraction of sp³-hybridized carbons (Fsp3) is 0. The summed E-state index contributed by atoms with van der Waals surface area (Å²) in [7, 11) is 0. The van der Waals surface area contributed by atoms with Gasteiger partial charge in [0.25, 0.3) is 0 Å². The van der Waals surface area contributed by atoms with Crippen LogP contribution >= 0.6 is 12.6 Å². The Kier molecular flexibility index (Phi) is 3.14. The smallest absolute Gasteiger partial charge is 0.336 e. The zero-order valence-electron chi connectivity index (χ0n) is 7.53. The molecule has 0 saturated carbocycles. The number of rotatable bonds is 3. The molecule has 1 aromatic rings. The molecule has 0 aliphatic rings. The third-order valence-electron chi connectivity index (χ3n) is 1.85. The van der Waals surface area contributed by atoms with E-state index in [1.807, 2.05) is 0 Å². The minimum Gasteiger partial charge on any atom is -0.478 e. The van der Waals surface area contributed by atoms with E-state index in [0.717, 1.165) is 5.56 Å². The van der Waals surface area contributed by atoms with Crippen LogP contribution < -0.4 is 0 Å². The lowest BCUT2D eigenvalue weighted by molar-refractivity contribution is 0.0696. The summed E-state index contributed by atoms with van der Waals surface area (Å²) in [5.41, 5.74) is 1.50. The Hall–Kier alpha value is -1.48. The number of carboxylic acids is 1. The Morgan fingerprint density at radius 3 is 2.43 bits per heavy atom. The van der Waals surface area contributed by atoms with E-state index in [2.05, 4.69) is 25.8 Å². The van der Waals surface area contributed by atoms with E-state index >= 15 is 0 Å². The number of aromatic carboxylic acids is 1. The molecule has 0 amide bonds. The first kappa shape index (κ1) is 10.6. The van der Waals surface area contributed by atoms with E-state index in [9.17, 15) is 4.79 Å². The first-order valence-corrected chi connectivity index (χ1v) is 4.40. The summed E-state index contributed by atoms with van der Waals surface area (Å²) < 4.78 is 0. The molecule has 2 nitrogen and oxygen atoms in total. The lowest BCUT2D eigenvalue weighted by Crippen LogP contribution is -2.01. The Labute approximate surface area is 88.0 Å². The van der Waals surface area contributed by atoms with Gasteiger partial charge >= 0.3 is 5.97 Å². The lowest BCUT2D eigenvalue weighted by atomic mass is 10.0. The Morgan fingerprint density at radius 1 is 1.36 bits per heavy atom. The minimum absolute atomic E-state index is 0.197. The van der Waals surface area contributed by atoms with Gasteiger partial charge in [0, 0.05) is 4.90 Å². The van der Waals surface area contributed by atoms with Crippen LogP contribution in [0.1, 0.15) is 21.5 Å². The molecule has 0 radical (unpaired) electrons. The maximum Gasteiger partial charge on any atom is 0.336 e. The van der Waals surface area contributed by atoms with Gasteiger partial charge in [-0.3, -0.25) is 0 Å². The highest BCUT2D eigenvalue weighted by molar-refractivity contribution is 7.80. The molecule has 0 saturated heterocycles. The topological polar surface area (TPSA) is 37.3 Å². The molecule has 3 heteroatoms. The van der Waals surface area contributed by atoms with Crippen LogP contribution in [0.4, 0.5) is 0 Å². The van der Waals surface area contributed by atoms with E-state index in [4.69, 9.17) is 5.11 Å². The van der Waals surface area contributed by atoms with Gasteiger partial charge in [0.15, 0.2) is 0 Å². The summed E-state index contributed by atoms with van der Waals surface area (Å²) >= 11 is 4.11. The fourth-order valence-corrected chi connectivity index (χ4v) is 1.50. The van der Waals surface area contributed by atoms with Gasteiger partial charge in [0.2, 0.25) is 0 Å². The predicted octanol–water partition coefficient (Wildman–Crippen LogP) is 2.96. The second kappa shape index (κ2) is 4.15. The monoisotopic (exact) mass is 206 g/mol. The van der Waals surface area contributed by atoms with E-state index < -0.39 is 5.97 Å². The second-order valence-electron chi connectivity index (χ2n) is 2.71. The highest BCUT2D eigenvalue weighted by Gasteiger charge is 2.11. The van der Waals surface area contributed by atoms with Crippen molar-refractivity contribution >= 4 is 30.8 Å². The van der Waals surface area contributed by atoms with Crippen LogP contribution in [0.3, 0.4) is 0 Å². The Bertz CT molecular complexity index is 408. The second-order valence-corrected chi connectivity index (χ2v) is 3.23. The molecule has 0 spiro atoms. The molecular weight excluding hydrogens is 196 g/mol. The summed E-state index contributed by atoms with van der Waals surface area (Å²) in [5, 5.41) is 8.93. The van der Waals surface area contributed by atoms with Gasteiger partial charge in [-0.1, -0.05) is 25.3 Å². The number of benzene rings is 1. The third-order valence-corrected chi connectivity index (χ3v) is 2.11. The number of carbonyl (C=O) groups is 1. The van der Waals surface area contributed by atoms with Crippen molar-refractivity contribution in [1.29, 1.82) is 0 Å². The summed E-state index contributed by atoms with van der Waals surface area (Å²) in [6.45, 7) is 7.18. The zero-order chi connectivity index (χ0) is 10.7. The maximum absolute atomic E-state index is 10.9. The maximum atomic E-state index is 10.9. The predicted molar refractivity (Wildman–Crippen MR) is 60.8 cm³/mol. The van der Waals surface area contributed by atoms with Crippen molar-refractivity contribution in [2.45, 2.75) is 4.90 Å². The lowest BCUT2D eigenvalue weighted by Gasteiger charge is -2.06. The number of carboxylic acid groups (broad SMARTS) is 1. The van der Waals surface area contributed by atoms with E-state index in [0.29, 0.717) is 10.5 Å². The number of hydrogen-bond acceptors (Lipinski definition) is 2. The highest BCUT2D eigenvalue weighted by Crippen LogP contribution is 2.22. The number of thiol groups is 1. The molecule has 1 N–H and O–H groups in total. The largest absolute Gasteiger partial charge is 0.478 e. The van der Waals surface area contributed by atoms with Crippen LogP contribution in [0.5, 0.6) is 0 Å². The van der Waals surface area contributed by atoms with Crippen molar-refractivity contribution in [1.82, 2.24) is 0 Å². The van der Waals surface area contributed by atoms with Gasteiger partial charge < -0.3 is 5.11 Å². The van der Waals surface area contributed by atoms with E-state index in [1.165, 1.54) is 12.1 Å². The zero-order valence-corrected chi connectivity index (χ0v) is 8.42. The Balaban J connectivity index is 3.54. The van der Waals surface area contributed by atoms with Crippen LogP contribution in [0, 0.1) is 0 Å². The normalized spacial score (nSPS) is 9.50. The first-order chi connectivity index (χ1) is 6.60. The molecule has 0 atom stereocenters. The molecule has 14 heavy (non-hydrogen) atoms. The van der Waals surface area contributed by atoms with Crippen LogP contribution in [-0.2, 0) is 0 Å². The average molecular weight is 206 g/mol. The van der Waals surface area contributed by atoms with Crippen LogP contribution in [-0.4, -0.2) is 11.1 Å². The standard InChI is InChI=1S/C11H10O2S/c1-3-7-5-8(14)6-10(11(12)13)9(7)4-2/h3-6,14H,1-2H2,(H,12,13). The van der Waals surface area contributed by atoms with Gasteiger partial charge in [-0.15, -0.1) is 12.6 Å². The fourth-order valence-electron chi connectivity index (χ4n) is 1.23. The molecule has 0 aliphatic heterocycles. The van der Waals surface area contributed by atoms with Crippen molar-refractivity contribution in [3.05, 3.63) is 42.0 Å². The van der Waals surface area contributed by atoms with E-state index in [-0.39, 0.29) is 5.56 Å². The molecular formula is C11H10O2S. The molecule has 0 unspecified atom stereocenters. The molecule has 72 valence electrons. The Morgan fingerprint density at radius 2 is 2.00 bits per heavy atom. The quantitative estimate of drug-likeness (QED) is 0.746. The van der Waals surface area contributed by atoms with Crippen LogP contribution in [0.15, 0.2) is 30.2 Å². The van der Waals surface area contributed by atoms with Gasteiger partial charge in [-0.25, -0.2) is 4.79 Å². The molecule has 0 aromatic heterocycles. The SMILES string of the molecule is C=Cc1cc(S)cc(C(=O)O)c1C=C. The van der Waals surface area contributed by atoms with Crippen molar-refractivity contribution in [2.24, 2.45) is 0 Å². The van der Waals surface area contributed by atoms with Crippen molar-refractivity contribution in [2.75, 3.05) is 0 Å². The molecule has 1 rings (SSSR count). The average Bonchev–Trinajstić information content (AvgIpc) is 2.16. The highest BCUT2D eigenvalue weighted by atomic mass is 32.1. The van der Waals surface area contributed by atoms with E-state index in [1.54, 1.807) is 12.1 Å². The minimum atomic E-state index is -0.987. The molecule has 0 fully saturated rings. The van der Waals surface area contributed by atoms with Crippen molar-refractivity contribution in [3.8, 4) is 0 Å². The molecule has 0 aliphatic carbocycles. The van der Waals surface area contributed by atoms with Crippen LogP contribution in [0.25, 0.3) is 12.2 Å². The number of hydrogen-bond donors (Lipinski definition) is 2. The summed E-state index contributed by atoms with van der Waals surface area (Å²) in [6.07, 6.45) is 3.09. The molecule has 1 aromatic carbocycles.